The Morgan fingerprint density at radius 1 is 0.640 bits per heavy atom. The zero-order valence-electron chi connectivity index (χ0n) is 17.1. The van der Waals surface area contributed by atoms with Crippen molar-refractivity contribution in [2.75, 3.05) is 0 Å². The summed E-state index contributed by atoms with van der Waals surface area (Å²) < 4.78 is 0. The van der Waals surface area contributed by atoms with Crippen molar-refractivity contribution in [1.82, 2.24) is 0 Å². The van der Waals surface area contributed by atoms with Gasteiger partial charge < -0.3 is 10.2 Å². The van der Waals surface area contributed by atoms with Gasteiger partial charge >= 0.3 is 0 Å². The topological polar surface area (TPSA) is 40.5 Å². The van der Waals surface area contributed by atoms with Crippen LogP contribution in [0.3, 0.4) is 0 Å². The van der Waals surface area contributed by atoms with Crippen LogP contribution in [0.4, 0.5) is 0 Å². The summed E-state index contributed by atoms with van der Waals surface area (Å²) >= 11 is 0. The van der Waals surface area contributed by atoms with Gasteiger partial charge in [-0.15, -0.1) is 0 Å². The molecular weight excluding hydrogens is 308 g/mol. The SMILES string of the molecule is CC(C)(C)C#CC1(O)CC2(CCC2)C1.CC(C)(C)C#CC1(O)CCC1. The summed E-state index contributed by atoms with van der Waals surface area (Å²) in [5.74, 6) is 12.2. The Kier molecular flexibility index (Phi) is 5.41. The summed E-state index contributed by atoms with van der Waals surface area (Å²) in [5, 5.41) is 19.7. The van der Waals surface area contributed by atoms with Gasteiger partial charge in [-0.25, -0.2) is 0 Å². The summed E-state index contributed by atoms with van der Waals surface area (Å²) in [6.45, 7) is 12.4. The molecule has 0 aromatic heterocycles. The Hall–Kier alpha value is -0.960. The minimum absolute atomic E-state index is 0.0120. The predicted octanol–water partition coefficient (Wildman–Crippen LogP) is 4.68. The van der Waals surface area contributed by atoms with Crippen molar-refractivity contribution in [2.24, 2.45) is 16.2 Å². The van der Waals surface area contributed by atoms with E-state index in [1.54, 1.807) is 0 Å². The molecule has 140 valence electrons. The van der Waals surface area contributed by atoms with Crippen molar-refractivity contribution in [3.63, 3.8) is 0 Å². The van der Waals surface area contributed by atoms with Crippen LogP contribution in [0.1, 0.15) is 92.9 Å². The van der Waals surface area contributed by atoms with Crippen LogP contribution < -0.4 is 0 Å². The first-order valence-electron chi connectivity index (χ1n) is 9.78. The minimum Gasteiger partial charge on any atom is -0.378 e. The summed E-state index contributed by atoms with van der Waals surface area (Å²) in [5.41, 5.74) is -0.744. The summed E-state index contributed by atoms with van der Waals surface area (Å²) in [6, 6.07) is 0. The summed E-state index contributed by atoms with van der Waals surface area (Å²) in [7, 11) is 0. The minimum atomic E-state index is -0.645. The highest BCUT2D eigenvalue weighted by Gasteiger charge is 2.55. The smallest absolute Gasteiger partial charge is 0.126 e. The predicted molar refractivity (Wildman–Crippen MR) is 104 cm³/mol. The molecule has 0 heterocycles. The molecule has 3 fully saturated rings. The van der Waals surface area contributed by atoms with Crippen molar-refractivity contribution in [3.8, 4) is 23.7 Å². The van der Waals surface area contributed by atoms with Gasteiger partial charge in [0.05, 0.1) is 0 Å². The van der Waals surface area contributed by atoms with Crippen LogP contribution in [0, 0.1) is 39.9 Å². The Balaban J connectivity index is 0.000000186. The average Bonchev–Trinajstić information content (AvgIpc) is 2.35. The number of aliphatic hydroxyl groups is 2. The van der Waals surface area contributed by atoms with Crippen molar-refractivity contribution in [3.05, 3.63) is 0 Å². The second-order valence-electron chi connectivity index (χ2n) is 10.6. The molecule has 0 radical (unpaired) electrons. The average molecular weight is 345 g/mol. The first kappa shape index (κ1) is 20.4. The normalized spacial score (nSPS) is 24.6. The maximum atomic E-state index is 10.1. The first-order valence-corrected chi connectivity index (χ1v) is 9.78. The molecule has 3 saturated carbocycles. The highest BCUT2D eigenvalue weighted by Crippen LogP contribution is 2.60. The molecule has 2 nitrogen and oxygen atoms in total. The van der Waals surface area contributed by atoms with E-state index in [1.807, 2.05) is 0 Å². The Bertz CT molecular complexity index is 591. The molecular formula is C23H36O2. The molecule has 25 heavy (non-hydrogen) atoms. The number of hydrogen-bond donors (Lipinski definition) is 2. The van der Waals surface area contributed by atoms with E-state index in [-0.39, 0.29) is 10.8 Å². The molecule has 0 bridgehead atoms. The molecule has 0 aromatic carbocycles. The fourth-order valence-corrected chi connectivity index (χ4v) is 3.55. The maximum absolute atomic E-state index is 10.1. The van der Waals surface area contributed by atoms with Gasteiger partial charge in [-0.1, -0.05) is 30.1 Å². The molecule has 0 amide bonds. The molecule has 0 aliphatic heterocycles. The van der Waals surface area contributed by atoms with E-state index in [4.69, 9.17) is 0 Å². The maximum Gasteiger partial charge on any atom is 0.126 e. The third kappa shape index (κ3) is 6.06. The fourth-order valence-electron chi connectivity index (χ4n) is 3.55. The largest absolute Gasteiger partial charge is 0.378 e. The monoisotopic (exact) mass is 344 g/mol. The van der Waals surface area contributed by atoms with Crippen LogP contribution in [0.25, 0.3) is 0 Å². The van der Waals surface area contributed by atoms with Crippen LogP contribution in [0.15, 0.2) is 0 Å². The van der Waals surface area contributed by atoms with E-state index in [2.05, 4.69) is 65.2 Å². The van der Waals surface area contributed by atoms with Crippen molar-refractivity contribution >= 4 is 0 Å². The van der Waals surface area contributed by atoms with E-state index >= 15 is 0 Å². The van der Waals surface area contributed by atoms with Crippen LogP contribution in [0.5, 0.6) is 0 Å². The van der Waals surface area contributed by atoms with Gasteiger partial charge in [0.2, 0.25) is 0 Å². The van der Waals surface area contributed by atoms with Gasteiger partial charge in [-0.2, -0.15) is 0 Å². The summed E-state index contributed by atoms with van der Waals surface area (Å²) in [6.07, 6.45) is 8.65. The second-order valence-corrected chi connectivity index (χ2v) is 10.6. The van der Waals surface area contributed by atoms with E-state index < -0.39 is 11.2 Å². The van der Waals surface area contributed by atoms with Crippen molar-refractivity contribution in [2.45, 2.75) is 104 Å². The lowest BCUT2D eigenvalue weighted by molar-refractivity contribution is -0.126. The van der Waals surface area contributed by atoms with Crippen molar-refractivity contribution in [1.29, 1.82) is 0 Å². The molecule has 0 atom stereocenters. The van der Waals surface area contributed by atoms with Crippen molar-refractivity contribution < 1.29 is 10.2 Å². The van der Waals surface area contributed by atoms with E-state index in [0.717, 1.165) is 32.1 Å². The van der Waals surface area contributed by atoms with Crippen LogP contribution in [-0.4, -0.2) is 21.4 Å². The summed E-state index contributed by atoms with van der Waals surface area (Å²) in [4.78, 5) is 0. The zero-order chi connectivity index (χ0) is 19.0. The molecule has 3 aliphatic carbocycles. The number of rotatable bonds is 0. The van der Waals surface area contributed by atoms with Gasteiger partial charge in [0, 0.05) is 10.8 Å². The molecule has 3 rings (SSSR count). The zero-order valence-corrected chi connectivity index (χ0v) is 17.1. The molecule has 0 aromatic rings. The third-order valence-electron chi connectivity index (χ3n) is 5.27. The first-order chi connectivity index (χ1) is 11.2. The highest BCUT2D eigenvalue weighted by molar-refractivity contribution is 5.26. The second kappa shape index (κ2) is 6.64. The van der Waals surface area contributed by atoms with Gasteiger partial charge in [0.1, 0.15) is 11.2 Å². The number of hydrogen-bond acceptors (Lipinski definition) is 2. The van der Waals surface area contributed by atoms with E-state index in [9.17, 15) is 10.2 Å². The molecule has 1 spiro atoms. The van der Waals surface area contributed by atoms with Crippen LogP contribution in [0.2, 0.25) is 0 Å². The van der Waals surface area contributed by atoms with E-state index in [0.29, 0.717) is 5.41 Å². The lowest BCUT2D eigenvalue weighted by atomic mass is 9.50. The lowest BCUT2D eigenvalue weighted by Crippen LogP contribution is -2.54. The lowest BCUT2D eigenvalue weighted by Gasteiger charge is -2.56. The standard InChI is InChI=1S/C13H20O.C10H16O/c1-11(2,3)7-8-13(14)9-12(10-13)5-4-6-12;1-9(2,3)7-8-10(11)5-4-6-10/h14H,4-6,9-10H2,1-3H3;11H,4-6H2,1-3H3. The molecule has 2 N–H and O–H groups in total. The van der Waals surface area contributed by atoms with Gasteiger partial charge in [0.15, 0.2) is 0 Å². The fraction of sp³-hybridized carbons (Fsp3) is 0.826. The Morgan fingerprint density at radius 3 is 1.32 bits per heavy atom. The quantitative estimate of drug-likeness (QED) is 0.626. The molecule has 3 aliphatic rings. The van der Waals surface area contributed by atoms with Crippen LogP contribution >= 0.6 is 0 Å². The van der Waals surface area contributed by atoms with Crippen LogP contribution in [-0.2, 0) is 0 Å². The Morgan fingerprint density at radius 2 is 1.04 bits per heavy atom. The van der Waals surface area contributed by atoms with E-state index in [1.165, 1.54) is 19.3 Å². The Labute approximate surface area is 154 Å². The van der Waals surface area contributed by atoms with Gasteiger partial charge in [-0.3, -0.25) is 0 Å². The molecule has 0 saturated heterocycles. The molecule has 0 unspecified atom stereocenters. The third-order valence-corrected chi connectivity index (χ3v) is 5.27. The van der Waals surface area contributed by atoms with Gasteiger partial charge in [0.25, 0.3) is 0 Å². The van der Waals surface area contributed by atoms with Gasteiger partial charge in [-0.05, 0) is 91.9 Å². The highest BCUT2D eigenvalue weighted by atomic mass is 16.3. The molecule has 2 heteroatoms.